The Bertz CT molecular complexity index is 778. The first-order valence-corrected chi connectivity index (χ1v) is 8.79. The Morgan fingerprint density at radius 3 is 2.39 bits per heavy atom. The maximum atomic E-state index is 13.9. The van der Waals surface area contributed by atoms with Crippen molar-refractivity contribution in [1.29, 1.82) is 0 Å². The minimum Gasteiger partial charge on any atom is -0.494 e. The van der Waals surface area contributed by atoms with Crippen LogP contribution in [0.2, 0.25) is 5.02 Å². The number of hydrogen-bond acceptors (Lipinski definition) is 3. The minimum absolute atomic E-state index is 0.122. The van der Waals surface area contributed by atoms with Gasteiger partial charge in [0.1, 0.15) is 16.5 Å². The summed E-state index contributed by atoms with van der Waals surface area (Å²) in [6.07, 6.45) is 0. The van der Waals surface area contributed by atoms with Crippen molar-refractivity contribution in [3.8, 4) is 5.75 Å². The molecule has 0 N–H and O–H groups in total. The van der Waals surface area contributed by atoms with Gasteiger partial charge in [-0.05, 0) is 42.8 Å². The molecule has 23 heavy (non-hydrogen) atoms. The maximum Gasteiger partial charge on any atom is 0.246 e. The van der Waals surface area contributed by atoms with Crippen molar-refractivity contribution < 1.29 is 17.5 Å². The molecule has 0 spiro atoms. The van der Waals surface area contributed by atoms with Crippen LogP contribution in [0.1, 0.15) is 12.5 Å². The van der Waals surface area contributed by atoms with Gasteiger partial charge >= 0.3 is 0 Å². The van der Waals surface area contributed by atoms with E-state index in [1.807, 2.05) is 6.92 Å². The van der Waals surface area contributed by atoms with Crippen molar-refractivity contribution in [2.75, 3.05) is 13.7 Å². The van der Waals surface area contributed by atoms with Gasteiger partial charge in [-0.2, -0.15) is 4.31 Å². The summed E-state index contributed by atoms with van der Waals surface area (Å²) in [5.41, 5.74) is 0.772. The zero-order valence-corrected chi connectivity index (χ0v) is 14.4. The number of nitrogens with zero attached hydrogens (tertiary/aromatic N) is 1. The third-order valence-electron chi connectivity index (χ3n) is 3.22. The fourth-order valence-electron chi connectivity index (χ4n) is 2.05. The normalized spacial score (nSPS) is 11.7. The lowest BCUT2D eigenvalue weighted by Crippen LogP contribution is -2.27. The Morgan fingerprint density at radius 2 is 1.83 bits per heavy atom. The number of sulfonamides is 1. The fourth-order valence-corrected chi connectivity index (χ4v) is 3.41. The van der Waals surface area contributed by atoms with E-state index < -0.39 is 20.7 Å². The van der Waals surface area contributed by atoms with Gasteiger partial charge in [0.05, 0.1) is 6.61 Å². The first-order valence-electron chi connectivity index (χ1n) is 6.97. The molecule has 2 aromatic carbocycles. The number of benzene rings is 2. The molecule has 0 aliphatic rings. The second-order valence-corrected chi connectivity index (χ2v) is 7.36. The van der Waals surface area contributed by atoms with Crippen LogP contribution >= 0.6 is 11.6 Å². The lowest BCUT2D eigenvalue weighted by Gasteiger charge is -2.18. The lowest BCUT2D eigenvalue weighted by atomic mass is 10.2. The van der Waals surface area contributed by atoms with E-state index >= 15 is 0 Å². The number of rotatable bonds is 6. The molecule has 4 nitrogen and oxygen atoms in total. The largest absolute Gasteiger partial charge is 0.494 e. The summed E-state index contributed by atoms with van der Waals surface area (Å²) in [5.74, 6) is -0.151. The fraction of sp³-hybridized carbons (Fsp3) is 0.250. The predicted octanol–water partition coefficient (Wildman–Crippen LogP) is 3.70. The SMILES string of the molecule is CCOc1ccc(CN(C)S(=O)(=O)c2ccc(Cl)cc2F)cc1. The van der Waals surface area contributed by atoms with Gasteiger partial charge in [0, 0.05) is 18.6 Å². The average molecular weight is 358 g/mol. The van der Waals surface area contributed by atoms with Crippen LogP contribution in [0.4, 0.5) is 4.39 Å². The van der Waals surface area contributed by atoms with Crippen LogP contribution in [0, 0.1) is 5.82 Å². The molecule has 0 bridgehead atoms. The van der Waals surface area contributed by atoms with Gasteiger partial charge < -0.3 is 4.74 Å². The molecule has 2 rings (SSSR count). The average Bonchev–Trinajstić information content (AvgIpc) is 2.49. The summed E-state index contributed by atoms with van der Waals surface area (Å²) in [6.45, 7) is 2.56. The van der Waals surface area contributed by atoms with Gasteiger partial charge in [0.25, 0.3) is 0 Å². The number of halogens is 2. The second-order valence-electron chi connectivity index (χ2n) is 4.91. The summed E-state index contributed by atoms with van der Waals surface area (Å²) in [6, 6.07) is 10.6. The van der Waals surface area contributed by atoms with E-state index in [0.717, 1.165) is 15.9 Å². The topological polar surface area (TPSA) is 46.6 Å². The molecule has 2 aromatic rings. The minimum atomic E-state index is -3.94. The second kappa shape index (κ2) is 7.29. The Hall–Kier alpha value is -1.63. The summed E-state index contributed by atoms with van der Waals surface area (Å²) in [5, 5.41) is 0.149. The van der Waals surface area contributed by atoms with Gasteiger partial charge in [0.15, 0.2) is 0 Å². The zero-order valence-electron chi connectivity index (χ0n) is 12.8. The molecule has 0 saturated heterocycles. The molecule has 0 unspecified atom stereocenters. The highest BCUT2D eigenvalue weighted by molar-refractivity contribution is 7.89. The lowest BCUT2D eigenvalue weighted by molar-refractivity contribution is 0.340. The Morgan fingerprint density at radius 1 is 1.17 bits per heavy atom. The molecule has 0 aromatic heterocycles. The molecule has 0 fully saturated rings. The van der Waals surface area contributed by atoms with Gasteiger partial charge in [-0.1, -0.05) is 23.7 Å². The van der Waals surface area contributed by atoms with E-state index in [-0.39, 0.29) is 11.6 Å². The van der Waals surface area contributed by atoms with Crippen LogP contribution in [0.5, 0.6) is 5.75 Å². The van der Waals surface area contributed by atoms with Crippen LogP contribution in [0.3, 0.4) is 0 Å². The first kappa shape index (κ1) is 17.7. The van der Waals surface area contributed by atoms with Crippen molar-refractivity contribution in [2.24, 2.45) is 0 Å². The highest BCUT2D eigenvalue weighted by Gasteiger charge is 2.24. The monoisotopic (exact) mass is 357 g/mol. The van der Waals surface area contributed by atoms with Crippen LogP contribution in [-0.2, 0) is 16.6 Å². The van der Waals surface area contributed by atoms with Crippen LogP contribution in [0.25, 0.3) is 0 Å². The van der Waals surface area contributed by atoms with E-state index in [1.165, 1.54) is 19.2 Å². The van der Waals surface area contributed by atoms with E-state index in [1.54, 1.807) is 24.3 Å². The van der Waals surface area contributed by atoms with Gasteiger partial charge in [-0.15, -0.1) is 0 Å². The van der Waals surface area contributed by atoms with Crippen LogP contribution < -0.4 is 4.74 Å². The van der Waals surface area contributed by atoms with Crippen LogP contribution in [-0.4, -0.2) is 26.4 Å². The summed E-state index contributed by atoms with van der Waals surface area (Å²) in [4.78, 5) is -0.393. The molecule has 0 aliphatic carbocycles. The highest BCUT2D eigenvalue weighted by atomic mass is 35.5. The van der Waals surface area contributed by atoms with E-state index in [4.69, 9.17) is 16.3 Å². The third-order valence-corrected chi connectivity index (χ3v) is 5.29. The smallest absolute Gasteiger partial charge is 0.246 e. The molecule has 0 aliphatic heterocycles. The molecule has 0 radical (unpaired) electrons. The molecule has 0 saturated carbocycles. The van der Waals surface area contributed by atoms with Crippen LogP contribution in [0.15, 0.2) is 47.4 Å². The van der Waals surface area contributed by atoms with E-state index in [9.17, 15) is 12.8 Å². The molecule has 0 amide bonds. The maximum absolute atomic E-state index is 13.9. The van der Waals surface area contributed by atoms with Crippen molar-refractivity contribution >= 4 is 21.6 Å². The van der Waals surface area contributed by atoms with Gasteiger partial charge in [-0.25, -0.2) is 12.8 Å². The molecule has 0 heterocycles. The third kappa shape index (κ3) is 4.22. The highest BCUT2D eigenvalue weighted by Crippen LogP contribution is 2.23. The zero-order chi connectivity index (χ0) is 17.0. The first-order chi connectivity index (χ1) is 10.8. The quantitative estimate of drug-likeness (QED) is 0.792. The van der Waals surface area contributed by atoms with Crippen molar-refractivity contribution in [2.45, 2.75) is 18.4 Å². The Labute approximate surface area is 140 Å². The summed E-state index contributed by atoms with van der Waals surface area (Å²) in [7, 11) is -2.53. The van der Waals surface area contributed by atoms with Gasteiger partial charge in [-0.3, -0.25) is 0 Å². The molecular weight excluding hydrogens is 341 g/mol. The van der Waals surface area contributed by atoms with Crippen molar-refractivity contribution in [3.63, 3.8) is 0 Å². The molecular formula is C16H17ClFNO3S. The predicted molar refractivity (Wildman–Crippen MR) is 87.7 cm³/mol. The summed E-state index contributed by atoms with van der Waals surface area (Å²) < 4.78 is 45.2. The molecule has 7 heteroatoms. The standard InChI is InChI=1S/C16H17ClFNO3S/c1-3-22-14-7-4-12(5-8-14)11-19(2)23(20,21)16-9-6-13(17)10-15(16)18/h4-10H,3,11H2,1-2H3. The Balaban J connectivity index is 2.19. The molecule has 0 atom stereocenters. The number of ether oxygens (including phenoxy) is 1. The number of hydrogen-bond donors (Lipinski definition) is 0. The Kier molecular flexibility index (Phi) is 5.62. The molecule has 124 valence electrons. The van der Waals surface area contributed by atoms with Crippen molar-refractivity contribution in [3.05, 3.63) is 58.9 Å². The van der Waals surface area contributed by atoms with E-state index in [0.29, 0.717) is 12.4 Å². The van der Waals surface area contributed by atoms with E-state index in [2.05, 4.69) is 0 Å². The van der Waals surface area contributed by atoms with Crippen molar-refractivity contribution in [1.82, 2.24) is 4.31 Å². The van der Waals surface area contributed by atoms with Gasteiger partial charge in [0.2, 0.25) is 10.0 Å². The summed E-state index contributed by atoms with van der Waals surface area (Å²) >= 11 is 5.66.